The molecule has 0 saturated heterocycles. The summed E-state index contributed by atoms with van der Waals surface area (Å²) in [5.41, 5.74) is 0.801. The Morgan fingerprint density at radius 2 is 2.10 bits per heavy atom. The van der Waals surface area contributed by atoms with Crippen LogP contribution >= 0.6 is 0 Å². The second kappa shape index (κ2) is 9.22. The molecule has 0 aliphatic carbocycles. The van der Waals surface area contributed by atoms with Crippen LogP contribution in [-0.2, 0) is 0 Å². The van der Waals surface area contributed by atoms with Crippen molar-refractivity contribution in [1.29, 1.82) is 5.26 Å². The fourth-order valence-corrected chi connectivity index (χ4v) is 2.20. The van der Waals surface area contributed by atoms with Crippen molar-refractivity contribution in [3.8, 4) is 17.6 Å². The van der Waals surface area contributed by atoms with Crippen molar-refractivity contribution in [1.82, 2.24) is 10.2 Å². The summed E-state index contributed by atoms with van der Waals surface area (Å²) in [4.78, 5) is 2.35. The molecule has 5 nitrogen and oxygen atoms in total. The van der Waals surface area contributed by atoms with Gasteiger partial charge in [0.25, 0.3) is 0 Å². The molecular formula is C16H25N3O2. The van der Waals surface area contributed by atoms with Crippen LogP contribution in [0.1, 0.15) is 31.9 Å². The van der Waals surface area contributed by atoms with Crippen molar-refractivity contribution in [2.45, 2.75) is 26.3 Å². The number of phenolic OH excluding ortho intramolecular Hbond substituents is 1. The minimum atomic E-state index is -0.392. The highest BCUT2D eigenvalue weighted by atomic mass is 16.5. The Balaban J connectivity index is 2.54. The van der Waals surface area contributed by atoms with E-state index in [1.165, 1.54) is 7.11 Å². The third-order valence-electron chi connectivity index (χ3n) is 3.56. The quantitative estimate of drug-likeness (QED) is 0.683. The summed E-state index contributed by atoms with van der Waals surface area (Å²) in [5, 5.41) is 22.1. The molecule has 0 bridgehead atoms. The Kier molecular flexibility index (Phi) is 7.59. The van der Waals surface area contributed by atoms with Crippen LogP contribution in [0.5, 0.6) is 11.5 Å². The van der Waals surface area contributed by atoms with E-state index in [-0.39, 0.29) is 5.75 Å². The number of phenols is 1. The third kappa shape index (κ3) is 5.25. The number of aromatic hydroxyl groups is 1. The zero-order valence-corrected chi connectivity index (χ0v) is 13.1. The van der Waals surface area contributed by atoms with Gasteiger partial charge in [-0.2, -0.15) is 5.26 Å². The number of nitrogens with one attached hydrogen (secondary N) is 1. The van der Waals surface area contributed by atoms with Crippen LogP contribution in [0.3, 0.4) is 0 Å². The lowest BCUT2D eigenvalue weighted by atomic mass is 10.1. The van der Waals surface area contributed by atoms with E-state index < -0.39 is 6.04 Å². The van der Waals surface area contributed by atoms with E-state index in [1.54, 1.807) is 18.2 Å². The maximum atomic E-state index is 9.59. The average Bonchev–Trinajstić information content (AvgIpc) is 2.52. The van der Waals surface area contributed by atoms with Crippen LogP contribution in [0.2, 0.25) is 0 Å². The van der Waals surface area contributed by atoms with Crippen molar-refractivity contribution >= 4 is 0 Å². The molecule has 0 aliphatic rings. The van der Waals surface area contributed by atoms with E-state index in [0.717, 1.165) is 38.2 Å². The lowest BCUT2D eigenvalue weighted by Crippen LogP contribution is -2.28. The van der Waals surface area contributed by atoms with Crippen LogP contribution in [0.15, 0.2) is 18.2 Å². The molecule has 0 spiro atoms. The topological polar surface area (TPSA) is 68.5 Å². The maximum Gasteiger partial charge on any atom is 0.160 e. The summed E-state index contributed by atoms with van der Waals surface area (Å²) in [6, 6.07) is 6.84. The molecule has 1 aromatic carbocycles. The number of nitrogens with zero attached hydrogens (tertiary/aromatic N) is 2. The molecule has 0 amide bonds. The van der Waals surface area contributed by atoms with Gasteiger partial charge in [0.2, 0.25) is 0 Å². The molecule has 0 heterocycles. The number of benzene rings is 1. The maximum absolute atomic E-state index is 9.59. The van der Waals surface area contributed by atoms with Gasteiger partial charge in [-0.05, 0) is 50.3 Å². The summed E-state index contributed by atoms with van der Waals surface area (Å²) < 4.78 is 5.07. The van der Waals surface area contributed by atoms with E-state index >= 15 is 0 Å². The minimum Gasteiger partial charge on any atom is -0.504 e. The van der Waals surface area contributed by atoms with E-state index in [9.17, 15) is 10.4 Å². The molecule has 2 N–H and O–H groups in total. The van der Waals surface area contributed by atoms with Crippen molar-refractivity contribution in [3.63, 3.8) is 0 Å². The Labute approximate surface area is 127 Å². The predicted octanol–water partition coefficient (Wildman–Crippen LogP) is 2.29. The van der Waals surface area contributed by atoms with Crippen molar-refractivity contribution in [3.05, 3.63) is 23.8 Å². The third-order valence-corrected chi connectivity index (χ3v) is 3.56. The molecule has 5 heteroatoms. The lowest BCUT2D eigenvalue weighted by molar-refractivity contribution is 0.297. The molecule has 1 atom stereocenters. The number of ether oxygens (including phenoxy) is 1. The average molecular weight is 291 g/mol. The van der Waals surface area contributed by atoms with E-state index in [4.69, 9.17) is 4.74 Å². The van der Waals surface area contributed by atoms with Crippen molar-refractivity contribution in [2.24, 2.45) is 0 Å². The fourth-order valence-electron chi connectivity index (χ4n) is 2.20. The van der Waals surface area contributed by atoms with Crippen molar-refractivity contribution < 1.29 is 9.84 Å². The van der Waals surface area contributed by atoms with Gasteiger partial charge in [-0.15, -0.1) is 0 Å². The zero-order chi connectivity index (χ0) is 15.7. The summed E-state index contributed by atoms with van der Waals surface area (Å²) in [6.45, 7) is 8.20. The number of nitriles is 1. The highest BCUT2D eigenvalue weighted by Gasteiger charge is 2.12. The Bertz CT molecular complexity index is 467. The number of methoxy groups -OCH3 is 1. The highest BCUT2D eigenvalue weighted by Crippen LogP contribution is 2.28. The second-order valence-electron chi connectivity index (χ2n) is 4.83. The first-order valence-corrected chi connectivity index (χ1v) is 7.38. The van der Waals surface area contributed by atoms with Gasteiger partial charge in [0.05, 0.1) is 13.2 Å². The Morgan fingerprint density at radius 1 is 1.38 bits per heavy atom. The van der Waals surface area contributed by atoms with Crippen molar-refractivity contribution in [2.75, 3.05) is 33.3 Å². The first-order chi connectivity index (χ1) is 10.2. The lowest BCUT2D eigenvalue weighted by Gasteiger charge is -2.19. The molecule has 21 heavy (non-hydrogen) atoms. The zero-order valence-electron chi connectivity index (χ0n) is 13.1. The number of hydrogen-bond donors (Lipinski definition) is 2. The largest absolute Gasteiger partial charge is 0.504 e. The van der Waals surface area contributed by atoms with Crippen LogP contribution in [0.25, 0.3) is 0 Å². The predicted molar refractivity (Wildman–Crippen MR) is 83.4 cm³/mol. The second-order valence-corrected chi connectivity index (χ2v) is 4.83. The van der Waals surface area contributed by atoms with Gasteiger partial charge < -0.3 is 14.7 Å². The van der Waals surface area contributed by atoms with Gasteiger partial charge in [-0.3, -0.25) is 5.32 Å². The van der Waals surface area contributed by atoms with Crippen LogP contribution < -0.4 is 10.1 Å². The molecule has 116 valence electrons. The molecule has 0 radical (unpaired) electrons. The fraction of sp³-hybridized carbons (Fsp3) is 0.562. The number of rotatable bonds is 9. The number of hydrogen-bond acceptors (Lipinski definition) is 5. The van der Waals surface area contributed by atoms with Crippen LogP contribution in [0, 0.1) is 11.3 Å². The Morgan fingerprint density at radius 3 is 2.67 bits per heavy atom. The summed E-state index contributed by atoms with van der Waals surface area (Å²) >= 11 is 0. The van der Waals surface area contributed by atoms with Crippen LogP contribution in [0.4, 0.5) is 0 Å². The Hall–Kier alpha value is -1.77. The van der Waals surface area contributed by atoms with Gasteiger partial charge in [0, 0.05) is 0 Å². The molecule has 1 rings (SSSR count). The first kappa shape index (κ1) is 17.3. The standard InChI is InChI=1S/C16H25N3O2/c1-4-19(5-2)10-6-9-18-14(12-17)13-7-8-15(20)16(11-13)21-3/h7-8,11,14,18,20H,4-6,9-10H2,1-3H3. The van der Waals surface area contributed by atoms with E-state index in [1.807, 2.05) is 0 Å². The van der Waals surface area contributed by atoms with Gasteiger partial charge >= 0.3 is 0 Å². The SMILES string of the molecule is CCN(CC)CCCNC(C#N)c1ccc(O)c(OC)c1. The van der Waals surface area contributed by atoms with E-state index in [2.05, 4.69) is 30.1 Å². The first-order valence-electron chi connectivity index (χ1n) is 7.38. The molecule has 1 aromatic rings. The monoisotopic (exact) mass is 291 g/mol. The molecule has 1 unspecified atom stereocenters. The molecule has 0 saturated carbocycles. The minimum absolute atomic E-state index is 0.0828. The van der Waals surface area contributed by atoms with Gasteiger partial charge in [0.1, 0.15) is 6.04 Å². The summed E-state index contributed by atoms with van der Waals surface area (Å²) in [7, 11) is 1.50. The smallest absolute Gasteiger partial charge is 0.160 e. The molecular weight excluding hydrogens is 266 g/mol. The highest BCUT2D eigenvalue weighted by molar-refractivity contribution is 5.43. The summed E-state index contributed by atoms with van der Waals surface area (Å²) in [6.07, 6.45) is 0.995. The molecule has 0 aliphatic heterocycles. The van der Waals surface area contributed by atoms with E-state index in [0.29, 0.717) is 5.75 Å². The van der Waals surface area contributed by atoms with Crippen LogP contribution in [-0.4, -0.2) is 43.3 Å². The summed E-state index contributed by atoms with van der Waals surface area (Å²) in [5.74, 6) is 0.470. The van der Waals surface area contributed by atoms with Gasteiger partial charge in [0.15, 0.2) is 11.5 Å². The van der Waals surface area contributed by atoms with Gasteiger partial charge in [-0.1, -0.05) is 19.9 Å². The molecule has 0 fully saturated rings. The molecule has 0 aromatic heterocycles. The normalized spacial score (nSPS) is 12.1. The van der Waals surface area contributed by atoms with Gasteiger partial charge in [-0.25, -0.2) is 0 Å².